The van der Waals surface area contributed by atoms with Crippen LogP contribution in [0.3, 0.4) is 0 Å². The average Bonchev–Trinajstić information content (AvgIpc) is 2.86. The Morgan fingerprint density at radius 2 is 2.10 bits per heavy atom. The lowest BCUT2D eigenvalue weighted by Crippen LogP contribution is -2.27. The van der Waals surface area contributed by atoms with Gasteiger partial charge in [-0.2, -0.15) is 0 Å². The van der Waals surface area contributed by atoms with Crippen LogP contribution in [-0.2, 0) is 11.3 Å². The Morgan fingerprint density at radius 1 is 1.38 bits per heavy atom. The van der Waals surface area contributed by atoms with Gasteiger partial charge in [0.2, 0.25) is 5.91 Å². The third-order valence-corrected chi connectivity index (χ3v) is 4.59. The first-order valence-electron chi connectivity index (χ1n) is 6.50. The smallest absolute Gasteiger partial charge is 0.226 e. The molecular weight excluding hydrogens is 352 g/mol. The van der Waals surface area contributed by atoms with Crippen LogP contribution in [0.5, 0.6) is 5.75 Å². The molecule has 0 aliphatic rings. The minimum Gasteiger partial charge on any atom is -0.493 e. The van der Waals surface area contributed by atoms with E-state index in [1.54, 1.807) is 47.5 Å². The maximum atomic E-state index is 12.0. The highest BCUT2D eigenvalue weighted by atomic mass is 79.9. The Balaban J connectivity index is 1.74. The highest BCUT2D eigenvalue weighted by molar-refractivity contribution is 9.10. The molecule has 0 saturated heterocycles. The second kappa shape index (κ2) is 7.47. The van der Waals surface area contributed by atoms with Gasteiger partial charge in [0.25, 0.3) is 0 Å². The summed E-state index contributed by atoms with van der Waals surface area (Å²) in [6.45, 7) is 0.984. The number of thiophene rings is 1. The van der Waals surface area contributed by atoms with Crippen LogP contribution in [0.1, 0.15) is 11.3 Å². The summed E-state index contributed by atoms with van der Waals surface area (Å²) >= 11 is 5.04. The first-order valence-corrected chi connectivity index (χ1v) is 8.17. The number of ether oxygens (including phenoxy) is 1. The number of benzene rings is 1. The zero-order valence-electron chi connectivity index (χ0n) is 11.7. The molecule has 21 heavy (non-hydrogen) atoms. The molecule has 0 saturated carbocycles. The molecule has 112 valence electrons. The normalized spacial score (nSPS) is 10.4. The van der Waals surface area contributed by atoms with E-state index in [0.29, 0.717) is 25.3 Å². The molecule has 2 aromatic rings. The summed E-state index contributed by atoms with van der Waals surface area (Å²) in [6.07, 6.45) is 0.355. The molecule has 0 bridgehead atoms. The molecule has 2 N–H and O–H groups in total. The first-order chi connectivity index (χ1) is 10.0. The van der Waals surface area contributed by atoms with E-state index < -0.39 is 0 Å². The van der Waals surface area contributed by atoms with E-state index >= 15 is 0 Å². The molecule has 0 aliphatic heterocycles. The Bertz CT molecular complexity index is 598. The largest absolute Gasteiger partial charge is 0.493 e. The van der Waals surface area contributed by atoms with Crippen LogP contribution < -0.4 is 10.5 Å². The van der Waals surface area contributed by atoms with Crippen LogP contribution in [0.2, 0.25) is 0 Å². The lowest BCUT2D eigenvalue weighted by atomic mass is 10.3. The molecule has 0 aliphatic carbocycles. The van der Waals surface area contributed by atoms with Crippen molar-refractivity contribution in [1.29, 1.82) is 0 Å². The summed E-state index contributed by atoms with van der Waals surface area (Å²) in [5.41, 5.74) is 6.29. The third-order valence-electron chi connectivity index (χ3n) is 2.91. The molecule has 0 spiro atoms. The van der Waals surface area contributed by atoms with Gasteiger partial charge in [-0.3, -0.25) is 4.79 Å². The standard InChI is InChI=1S/C15H17BrN2O2S/c1-18(9-14-8-11(16)10-21-14)15(19)6-7-20-13-4-2-12(17)3-5-13/h2-5,8,10H,6-7,9,17H2,1H3. The lowest BCUT2D eigenvalue weighted by molar-refractivity contribution is -0.130. The SMILES string of the molecule is CN(Cc1cc(Br)cs1)C(=O)CCOc1ccc(N)cc1. The molecule has 1 aromatic carbocycles. The van der Waals surface area contributed by atoms with E-state index in [0.717, 1.165) is 15.1 Å². The molecule has 0 unspecified atom stereocenters. The van der Waals surface area contributed by atoms with Crippen molar-refractivity contribution in [1.82, 2.24) is 4.90 Å². The number of nitrogens with zero attached hydrogens (tertiary/aromatic N) is 1. The van der Waals surface area contributed by atoms with Gasteiger partial charge < -0.3 is 15.4 Å². The van der Waals surface area contributed by atoms with E-state index in [1.807, 2.05) is 11.4 Å². The number of rotatable bonds is 6. The van der Waals surface area contributed by atoms with Crippen molar-refractivity contribution in [2.24, 2.45) is 0 Å². The van der Waals surface area contributed by atoms with Crippen molar-refractivity contribution in [3.05, 3.63) is 45.1 Å². The van der Waals surface area contributed by atoms with Crippen LogP contribution in [0.4, 0.5) is 5.69 Å². The van der Waals surface area contributed by atoms with E-state index in [4.69, 9.17) is 10.5 Å². The minimum atomic E-state index is 0.0648. The molecule has 1 amide bonds. The monoisotopic (exact) mass is 368 g/mol. The number of carbonyl (C=O) groups excluding carboxylic acids is 1. The Kier molecular flexibility index (Phi) is 5.64. The van der Waals surface area contributed by atoms with Crippen molar-refractivity contribution in [3.8, 4) is 5.75 Å². The summed E-state index contributed by atoms with van der Waals surface area (Å²) in [5, 5.41) is 2.01. The quantitative estimate of drug-likeness (QED) is 0.793. The van der Waals surface area contributed by atoms with Crippen molar-refractivity contribution < 1.29 is 9.53 Å². The number of halogens is 1. The van der Waals surface area contributed by atoms with Crippen molar-refractivity contribution >= 4 is 38.9 Å². The molecule has 1 aromatic heterocycles. The highest BCUT2D eigenvalue weighted by Crippen LogP contribution is 2.21. The number of anilines is 1. The van der Waals surface area contributed by atoms with Crippen LogP contribution >= 0.6 is 27.3 Å². The summed E-state index contributed by atoms with van der Waals surface area (Å²) in [6, 6.07) is 9.18. The van der Waals surface area contributed by atoms with Crippen molar-refractivity contribution in [2.45, 2.75) is 13.0 Å². The van der Waals surface area contributed by atoms with Gasteiger partial charge in [0.1, 0.15) is 5.75 Å². The van der Waals surface area contributed by atoms with E-state index in [2.05, 4.69) is 15.9 Å². The predicted octanol–water partition coefficient (Wildman–Crippen LogP) is 3.52. The maximum absolute atomic E-state index is 12.0. The fraction of sp³-hybridized carbons (Fsp3) is 0.267. The van der Waals surface area contributed by atoms with Crippen LogP contribution in [0.25, 0.3) is 0 Å². The number of amides is 1. The molecule has 2 rings (SSSR count). The predicted molar refractivity (Wildman–Crippen MR) is 89.5 cm³/mol. The van der Waals surface area contributed by atoms with E-state index in [1.165, 1.54) is 0 Å². The molecule has 0 atom stereocenters. The summed E-state index contributed by atoms with van der Waals surface area (Å²) in [5.74, 6) is 0.789. The molecular formula is C15H17BrN2O2S. The molecule has 1 heterocycles. The highest BCUT2D eigenvalue weighted by Gasteiger charge is 2.10. The van der Waals surface area contributed by atoms with Crippen LogP contribution in [0, 0.1) is 0 Å². The average molecular weight is 369 g/mol. The van der Waals surface area contributed by atoms with Gasteiger partial charge >= 0.3 is 0 Å². The number of hydrogen-bond acceptors (Lipinski definition) is 4. The number of hydrogen-bond donors (Lipinski definition) is 1. The molecule has 0 radical (unpaired) electrons. The lowest BCUT2D eigenvalue weighted by Gasteiger charge is -2.16. The molecule has 6 heteroatoms. The first kappa shape index (κ1) is 15.9. The van der Waals surface area contributed by atoms with Gasteiger partial charge in [-0.1, -0.05) is 0 Å². The maximum Gasteiger partial charge on any atom is 0.226 e. The Hall–Kier alpha value is -1.53. The Labute approximate surface area is 136 Å². The van der Waals surface area contributed by atoms with Crippen LogP contribution in [0.15, 0.2) is 40.2 Å². The fourth-order valence-corrected chi connectivity index (χ4v) is 3.27. The summed E-state index contributed by atoms with van der Waals surface area (Å²) < 4.78 is 6.58. The van der Waals surface area contributed by atoms with Gasteiger partial charge in [-0.15, -0.1) is 11.3 Å². The minimum absolute atomic E-state index is 0.0648. The zero-order chi connectivity index (χ0) is 15.2. The second-order valence-electron chi connectivity index (χ2n) is 4.65. The molecule has 4 nitrogen and oxygen atoms in total. The fourth-order valence-electron chi connectivity index (χ4n) is 1.77. The van der Waals surface area contributed by atoms with Gasteiger partial charge in [0.05, 0.1) is 19.6 Å². The topological polar surface area (TPSA) is 55.6 Å². The second-order valence-corrected chi connectivity index (χ2v) is 6.56. The van der Waals surface area contributed by atoms with Gasteiger partial charge in [-0.05, 0) is 46.3 Å². The van der Waals surface area contributed by atoms with Crippen molar-refractivity contribution in [3.63, 3.8) is 0 Å². The summed E-state index contributed by atoms with van der Waals surface area (Å²) in [7, 11) is 1.80. The van der Waals surface area contributed by atoms with E-state index in [-0.39, 0.29) is 5.91 Å². The molecule has 0 fully saturated rings. The third kappa shape index (κ3) is 5.06. The Morgan fingerprint density at radius 3 is 2.71 bits per heavy atom. The summed E-state index contributed by atoms with van der Waals surface area (Å²) in [4.78, 5) is 14.9. The number of carbonyl (C=O) groups is 1. The van der Waals surface area contributed by atoms with Crippen molar-refractivity contribution in [2.75, 3.05) is 19.4 Å². The zero-order valence-corrected chi connectivity index (χ0v) is 14.1. The van der Waals surface area contributed by atoms with Crippen LogP contribution in [-0.4, -0.2) is 24.5 Å². The van der Waals surface area contributed by atoms with Gasteiger partial charge in [0.15, 0.2) is 0 Å². The number of nitrogens with two attached hydrogens (primary N) is 1. The number of nitrogen functional groups attached to an aromatic ring is 1. The van der Waals surface area contributed by atoms with Gasteiger partial charge in [0, 0.05) is 27.5 Å². The van der Waals surface area contributed by atoms with E-state index in [9.17, 15) is 4.79 Å². The van der Waals surface area contributed by atoms with Gasteiger partial charge in [-0.25, -0.2) is 0 Å².